The molecular formula is C25H39N7O. The topological polar surface area (TPSA) is 79.2 Å². The predicted molar refractivity (Wildman–Crippen MR) is 130 cm³/mol. The van der Waals surface area contributed by atoms with Crippen LogP contribution in [0.15, 0.2) is 6.33 Å². The van der Waals surface area contributed by atoms with Crippen LogP contribution in [0.25, 0.3) is 11.2 Å². The summed E-state index contributed by atoms with van der Waals surface area (Å²) in [5.41, 5.74) is 1.86. The maximum absolute atomic E-state index is 13.0. The van der Waals surface area contributed by atoms with Crippen molar-refractivity contribution in [3.05, 3.63) is 12.2 Å². The van der Waals surface area contributed by atoms with Crippen LogP contribution in [0.1, 0.15) is 70.0 Å². The number of fused-ring (bicyclic) bond motifs is 3. The van der Waals surface area contributed by atoms with E-state index in [-0.39, 0.29) is 11.8 Å². The average Bonchev–Trinajstić information content (AvgIpc) is 3.05. The van der Waals surface area contributed by atoms with Gasteiger partial charge in [0.15, 0.2) is 17.0 Å². The van der Waals surface area contributed by atoms with Gasteiger partial charge in [-0.15, -0.1) is 0 Å². The summed E-state index contributed by atoms with van der Waals surface area (Å²) in [7, 11) is 2.21. The van der Waals surface area contributed by atoms with Crippen molar-refractivity contribution in [3.63, 3.8) is 0 Å². The van der Waals surface area contributed by atoms with E-state index in [1.54, 1.807) is 6.33 Å². The molecule has 0 aromatic carbocycles. The standard InChI is InChI=1S/C25H39N7O/c1-30(20-10-4-2-5-11-20)16-13-26-25(33)19-9-8-14-31(17-19)23-22-24(28-18-27-23)32-15-7-3-6-12-21(32)29-22/h18-20H,2-17H2,1H3,(H,26,33). The highest BCUT2D eigenvalue weighted by Gasteiger charge is 2.29. The van der Waals surface area contributed by atoms with Crippen molar-refractivity contribution in [2.75, 3.05) is 38.1 Å². The van der Waals surface area contributed by atoms with Gasteiger partial charge in [-0.3, -0.25) is 4.79 Å². The van der Waals surface area contributed by atoms with E-state index < -0.39 is 0 Å². The van der Waals surface area contributed by atoms with Gasteiger partial charge in [0.25, 0.3) is 0 Å². The molecule has 1 saturated carbocycles. The molecule has 0 bridgehead atoms. The van der Waals surface area contributed by atoms with E-state index in [4.69, 9.17) is 4.98 Å². The summed E-state index contributed by atoms with van der Waals surface area (Å²) in [6.07, 6.45) is 14.9. The lowest BCUT2D eigenvalue weighted by Crippen LogP contribution is -2.45. The molecule has 2 aliphatic heterocycles. The number of anilines is 1. The molecule has 180 valence electrons. The highest BCUT2D eigenvalue weighted by atomic mass is 16.1. The maximum atomic E-state index is 13.0. The number of hydrogen-bond acceptors (Lipinski definition) is 6. The number of likely N-dealkylation sites (N-methyl/N-ethyl adjacent to an activating group) is 1. The molecule has 8 nitrogen and oxygen atoms in total. The molecule has 2 fully saturated rings. The molecule has 4 heterocycles. The molecule has 8 heteroatoms. The fourth-order valence-corrected chi connectivity index (χ4v) is 5.94. The van der Waals surface area contributed by atoms with E-state index in [9.17, 15) is 4.79 Å². The Kier molecular flexibility index (Phi) is 7.09. The second-order valence-corrected chi connectivity index (χ2v) is 10.2. The lowest BCUT2D eigenvalue weighted by Gasteiger charge is -2.33. The molecule has 2 aromatic rings. The molecule has 1 aliphatic carbocycles. The molecular weight excluding hydrogens is 414 g/mol. The third-order valence-electron chi connectivity index (χ3n) is 7.93. The van der Waals surface area contributed by atoms with Gasteiger partial charge in [-0.1, -0.05) is 25.7 Å². The molecule has 0 radical (unpaired) electrons. The Morgan fingerprint density at radius 3 is 2.79 bits per heavy atom. The Hall–Kier alpha value is -2.22. The first-order chi connectivity index (χ1) is 16.2. The number of piperidine rings is 1. The van der Waals surface area contributed by atoms with Crippen molar-refractivity contribution in [1.29, 1.82) is 0 Å². The summed E-state index contributed by atoms with van der Waals surface area (Å²) in [5, 5.41) is 3.22. The van der Waals surface area contributed by atoms with Gasteiger partial charge in [-0.2, -0.15) is 0 Å². The molecule has 1 saturated heterocycles. The van der Waals surface area contributed by atoms with Crippen molar-refractivity contribution >= 4 is 22.9 Å². The summed E-state index contributed by atoms with van der Waals surface area (Å²) >= 11 is 0. The first-order valence-electron chi connectivity index (χ1n) is 13.1. The summed E-state index contributed by atoms with van der Waals surface area (Å²) in [6.45, 7) is 4.27. The van der Waals surface area contributed by atoms with E-state index in [2.05, 4.69) is 36.7 Å². The van der Waals surface area contributed by atoms with Crippen LogP contribution in [0, 0.1) is 5.92 Å². The van der Waals surface area contributed by atoms with Crippen LogP contribution in [-0.2, 0) is 17.8 Å². The fraction of sp³-hybridized carbons (Fsp3) is 0.760. The number of rotatable bonds is 6. The maximum Gasteiger partial charge on any atom is 0.224 e. The zero-order valence-corrected chi connectivity index (χ0v) is 20.1. The van der Waals surface area contributed by atoms with Gasteiger partial charge in [-0.25, -0.2) is 15.0 Å². The lowest BCUT2D eigenvalue weighted by molar-refractivity contribution is -0.125. The smallest absolute Gasteiger partial charge is 0.224 e. The first kappa shape index (κ1) is 22.6. The molecule has 2 aromatic heterocycles. The van der Waals surface area contributed by atoms with Crippen LogP contribution < -0.4 is 10.2 Å². The minimum Gasteiger partial charge on any atom is -0.355 e. The van der Waals surface area contributed by atoms with Gasteiger partial charge in [0.2, 0.25) is 5.91 Å². The van der Waals surface area contributed by atoms with Gasteiger partial charge < -0.3 is 19.7 Å². The zero-order valence-electron chi connectivity index (χ0n) is 20.1. The summed E-state index contributed by atoms with van der Waals surface area (Å²) in [5.74, 6) is 2.22. The highest BCUT2D eigenvalue weighted by molar-refractivity contribution is 5.85. The first-order valence-corrected chi connectivity index (χ1v) is 13.1. The van der Waals surface area contributed by atoms with Crippen LogP contribution in [0.5, 0.6) is 0 Å². The van der Waals surface area contributed by atoms with Crippen molar-refractivity contribution in [1.82, 2.24) is 29.7 Å². The van der Waals surface area contributed by atoms with Crippen LogP contribution in [-0.4, -0.2) is 69.6 Å². The predicted octanol–water partition coefficient (Wildman–Crippen LogP) is 3.15. The van der Waals surface area contributed by atoms with Crippen LogP contribution in [0.4, 0.5) is 5.82 Å². The number of nitrogens with zero attached hydrogens (tertiary/aromatic N) is 6. The molecule has 5 rings (SSSR count). The summed E-state index contributed by atoms with van der Waals surface area (Å²) < 4.78 is 2.28. The quantitative estimate of drug-likeness (QED) is 0.724. The Labute approximate surface area is 197 Å². The van der Waals surface area contributed by atoms with E-state index in [0.29, 0.717) is 12.6 Å². The Balaban J connectivity index is 1.21. The number of aryl methyl sites for hydroxylation is 2. The number of carbonyl (C=O) groups is 1. The summed E-state index contributed by atoms with van der Waals surface area (Å²) in [4.78, 5) is 31.9. The van der Waals surface area contributed by atoms with Gasteiger partial charge >= 0.3 is 0 Å². The number of carbonyl (C=O) groups excluding carboxylic acids is 1. The van der Waals surface area contributed by atoms with Gasteiger partial charge in [-0.05, 0) is 45.6 Å². The largest absolute Gasteiger partial charge is 0.355 e. The highest BCUT2D eigenvalue weighted by Crippen LogP contribution is 2.29. The normalized spacial score (nSPS) is 22.4. The lowest BCUT2D eigenvalue weighted by atomic mass is 9.94. The van der Waals surface area contributed by atoms with Crippen molar-refractivity contribution in [3.8, 4) is 0 Å². The van der Waals surface area contributed by atoms with Crippen LogP contribution in [0.3, 0.4) is 0 Å². The molecule has 3 aliphatic rings. The van der Waals surface area contributed by atoms with Gasteiger partial charge in [0.05, 0.1) is 5.92 Å². The molecule has 0 spiro atoms. The van der Waals surface area contributed by atoms with E-state index in [0.717, 1.165) is 68.2 Å². The van der Waals surface area contributed by atoms with Crippen molar-refractivity contribution in [2.24, 2.45) is 5.92 Å². The number of amides is 1. The molecule has 1 amide bonds. The Bertz CT molecular complexity index is 952. The average molecular weight is 454 g/mol. The minimum absolute atomic E-state index is 0.00388. The Morgan fingerprint density at radius 1 is 1.06 bits per heavy atom. The summed E-state index contributed by atoms with van der Waals surface area (Å²) in [6, 6.07) is 0.686. The SMILES string of the molecule is CN(CCNC(=O)C1CCCN(c2ncnc3c2nc2n3CCCCC2)C1)C1CCCCC1. The van der Waals surface area contributed by atoms with E-state index in [1.807, 2.05) is 0 Å². The molecule has 1 N–H and O–H groups in total. The number of nitrogens with one attached hydrogen (secondary N) is 1. The van der Waals surface area contributed by atoms with E-state index >= 15 is 0 Å². The molecule has 1 atom stereocenters. The zero-order chi connectivity index (χ0) is 22.6. The van der Waals surface area contributed by atoms with Gasteiger partial charge in [0.1, 0.15) is 12.2 Å². The molecule has 33 heavy (non-hydrogen) atoms. The monoisotopic (exact) mass is 453 g/mol. The minimum atomic E-state index is 0.00388. The Morgan fingerprint density at radius 2 is 1.91 bits per heavy atom. The third-order valence-corrected chi connectivity index (χ3v) is 7.93. The van der Waals surface area contributed by atoms with Crippen molar-refractivity contribution in [2.45, 2.75) is 83.2 Å². The van der Waals surface area contributed by atoms with Gasteiger partial charge in [0, 0.05) is 45.2 Å². The second kappa shape index (κ2) is 10.4. The van der Waals surface area contributed by atoms with Crippen molar-refractivity contribution < 1.29 is 4.79 Å². The fourth-order valence-electron chi connectivity index (χ4n) is 5.94. The van der Waals surface area contributed by atoms with Crippen LogP contribution in [0.2, 0.25) is 0 Å². The van der Waals surface area contributed by atoms with E-state index in [1.165, 1.54) is 51.4 Å². The number of imidazole rings is 1. The molecule has 1 unspecified atom stereocenters. The number of aromatic nitrogens is 4. The second-order valence-electron chi connectivity index (χ2n) is 10.2. The third kappa shape index (κ3) is 5.00. The van der Waals surface area contributed by atoms with Crippen LogP contribution >= 0.6 is 0 Å². The number of hydrogen-bond donors (Lipinski definition) is 1.